The lowest BCUT2D eigenvalue weighted by atomic mass is 10.2. The van der Waals surface area contributed by atoms with E-state index in [1.165, 1.54) is 24.5 Å². The number of amides is 1. The maximum Gasteiger partial charge on any atom is 0.268 e. The zero-order valence-corrected chi connectivity index (χ0v) is 14.6. The first kappa shape index (κ1) is 17.9. The highest BCUT2D eigenvalue weighted by Gasteiger charge is 2.18. The molecular weight excluding hydrogens is 369 g/mol. The standard InChI is InChI=1S/C21H15F3N2O2/c22-15-4-1-13(2-5-15)11-25-21(27)19-10-20-18(7-8-28-20)26(19)12-14-3-6-16(23)17(24)9-14/h1-10H,11-12H2,(H,25,27). The Balaban J connectivity index is 1.60. The van der Waals surface area contributed by atoms with Gasteiger partial charge in [-0.1, -0.05) is 18.2 Å². The number of halogens is 3. The second-order valence-electron chi connectivity index (χ2n) is 6.34. The third-order valence-corrected chi connectivity index (χ3v) is 4.45. The molecule has 2 aromatic carbocycles. The van der Waals surface area contributed by atoms with Crippen molar-refractivity contribution in [3.8, 4) is 0 Å². The smallest absolute Gasteiger partial charge is 0.268 e. The molecule has 1 N–H and O–H groups in total. The maximum absolute atomic E-state index is 13.5. The summed E-state index contributed by atoms with van der Waals surface area (Å²) < 4.78 is 46.8. The predicted octanol–water partition coefficient (Wildman–Crippen LogP) is 4.63. The minimum atomic E-state index is -0.949. The molecule has 0 spiro atoms. The first-order valence-corrected chi connectivity index (χ1v) is 8.54. The molecule has 0 aliphatic carbocycles. The molecule has 0 bridgehead atoms. The van der Waals surface area contributed by atoms with Gasteiger partial charge < -0.3 is 14.3 Å². The summed E-state index contributed by atoms with van der Waals surface area (Å²) in [6.45, 7) is 0.385. The summed E-state index contributed by atoms with van der Waals surface area (Å²) in [6, 6.07) is 12.7. The summed E-state index contributed by atoms with van der Waals surface area (Å²) in [5, 5.41) is 2.77. The fourth-order valence-electron chi connectivity index (χ4n) is 3.03. The summed E-state index contributed by atoms with van der Waals surface area (Å²) in [4.78, 5) is 12.7. The Hall–Kier alpha value is -3.48. The number of nitrogens with zero attached hydrogens (tertiary/aromatic N) is 1. The molecule has 0 aliphatic heterocycles. The van der Waals surface area contributed by atoms with Crippen LogP contribution >= 0.6 is 0 Å². The van der Waals surface area contributed by atoms with Gasteiger partial charge in [0.2, 0.25) is 0 Å². The van der Waals surface area contributed by atoms with Crippen LogP contribution in [0.2, 0.25) is 0 Å². The second kappa shape index (κ2) is 7.26. The van der Waals surface area contributed by atoms with Crippen LogP contribution in [-0.2, 0) is 13.1 Å². The van der Waals surface area contributed by atoms with E-state index in [4.69, 9.17) is 4.42 Å². The molecule has 0 unspecified atom stereocenters. The van der Waals surface area contributed by atoms with Crippen LogP contribution < -0.4 is 5.32 Å². The van der Waals surface area contributed by atoms with E-state index in [9.17, 15) is 18.0 Å². The Kier molecular flexibility index (Phi) is 4.65. The van der Waals surface area contributed by atoms with Crippen molar-refractivity contribution in [2.45, 2.75) is 13.1 Å². The lowest BCUT2D eigenvalue weighted by Crippen LogP contribution is -2.25. The molecule has 0 atom stereocenters. The second-order valence-corrected chi connectivity index (χ2v) is 6.34. The van der Waals surface area contributed by atoms with Gasteiger partial charge in [-0.3, -0.25) is 4.79 Å². The van der Waals surface area contributed by atoms with Gasteiger partial charge in [-0.25, -0.2) is 13.2 Å². The van der Waals surface area contributed by atoms with E-state index in [-0.39, 0.29) is 24.8 Å². The number of carbonyl (C=O) groups excluding carboxylic acids is 1. The molecule has 0 aliphatic rings. The van der Waals surface area contributed by atoms with Crippen molar-refractivity contribution in [3.05, 3.63) is 95.1 Å². The molecule has 142 valence electrons. The van der Waals surface area contributed by atoms with Gasteiger partial charge in [0.05, 0.1) is 11.8 Å². The highest BCUT2D eigenvalue weighted by Crippen LogP contribution is 2.23. The van der Waals surface area contributed by atoms with Crippen molar-refractivity contribution in [1.29, 1.82) is 0 Å². The van der Waals surface area contributed by atoms with Gasteiger partial charge in [-0.15, -0.1) is 0 Å². The molecule has 0 fully saturated rings. The molecule has 28 heavy (non-hydrogen) atoms. The fourth-order valence-corrected chi connectivity index (χ4v) is 3.03. The van der Waals surface area contributed by atoms with Gasteiger partial charge in [-0.2, -0.15) is 0 Å². The number of aromatic nitrogens is 1. The van der Waals surface area contributed by atoms with Crippen LogP contribution in [0.4, 0.5) is 13.2 Å². The number of rotatable bonds is 5. The monoisotopic (exact) mass is 384 g/mol. The first-order chi connectivity index (χ1) is 13.5. The van der Waals surface area contributed by atoms with Crippen LogP contribution in [0.5, 0.6) is 0 Å². The summed E-state index contributed by atoms with van der Waals surface area (Å²) in [7, 11) is 0. The molecule has 2 aromatic heterocycles. The average Bonchev–Trinajstić information content (AvgIpc) is 3.27. The van der Waals surface area contributed by atoms with Gasteiger partial charge in [0.15, 0.2) is 17.2 Å². The number of carbonyl (C=O) groups is 1. The number of hydrogen-bond donors (Lipinski definition) is 1. The van der Waals surface area contributed by atoms with Crippen LogP contribution in [0, 0.1) is 17.5 Å². The molecule has 0 radical (unpaired) electrons. The molecule has 0 saturated heterocycles. The third kappa shape index (κ3) is 3.51. The lowest BCUT2D eigenvalue weighted by molar-refractivity contribution is 0.0942. The van der Waals surface area contributed by atoms with Crippen LogP contribution in [-0.4, -0.2) is 10.5 Å². The molecule has 4 nitrogen and oxygen atoms in total. The molecule has 7 heteroatoms. The molecule has 2 heterocycles. The molecule has 1 amide bonds. The van der Waals surface area contributed by atoms with Crippen molar-refractivity contribution < 1.29 is 22.4 Å². The number of benzene rings is 2. The lowest BCUT2D eigenvalue weighted by Gasteiger charge is -2.11. The van der Waals surface area contributed by atoms with Gasteiger partial charge in [0.25, 0.3) is 5.91 Å². The fraction of sp³-hybridized carbons (Fsp3) is 0.0952. The summed E-state index contributed by atoms with van der Waals surface area (Å²) in [5.74, 6) is -2.59. The minimum absolute atomic E-state index is 0.166. The zero-order valence-electron chi connectivity index (χ0n) is 14.6. The van der Waals surface area contributed by atoms with E-state index in [1.807, 2.05) is 0 Å². The van der Waals surface area contributed by atoms with Crippen LogP contribution in [0.25, 0.3) is 11.1 Å². The zero-order chi connectivity index (χ0) is 19.7. The summed E-state index contributed by atoms with van der Waals surface area (Å²) in [5.41, 5.74) is 2.75. The Morgan fingerprint density at radius 1 is 0.929 bits per heavy atom. The van der Waals surface area contributed by atoms with E-state index < -0.39 is 11.6 Å². The molecular formula is C21H15F3N2O2. The number of nitrogens with one attached hydrogen (secondary N) is 1. The summed E-state index contributed by atoms with van der Waals surface area (Å²) in [6.07, 6.45) is 1.49. The van der Waals surface area contributed by atoms with E-state index >= 15 is 0 Å². The SMILES string of the molecule is O=C(NCc1ccc(F)cc1)c1cc2occc2n1Cc1ccc(F)c(F)c1. The number of furan rings is 1. The maximum atomic E-state index is 13.5. The van der Waals surface area contributed by atoms with Crippen LogP contribution in [0.1, 0.15) is 21.6 Å². The van der Waals surface area contributed by atoms with Crippen molar-refractivity contribution >= 4 is 17.0 Å². The predicted molar refractivity (Wildman–Crippen MR) is 97.2 cm³/mol. The van der Waals surface area contributed by atoms with Crippen molar-refractivity contribution in [2.24, 2.45) is 0 Å². The number of fused-ring (bicyclic) bond motifs is 1. The average molecular weight is 384 g/mol. The van der Waals surface area contributed by atoms with E-state index in [1.54, 1.807) is 28.8 Å². The normalized spacial score (nSPS) is 11.1. The molecule has 4 rings (SSSR count). The van der Waals surface area contributed by atoms with Gasteiger partial charge >= 0.3 is 0 Å². The van der Waals surface area contributed by atoms with Crippen molar-refractivity contribution in [3.63, 3.8) is 0 Å². The van der Waals surface area contributed by atoms with Crippen LogP contribution in [0.3, 0.4) is 0 Å². The Bertz CT molecular complexity index is 1150. The van der Waals surface area contributed by atoms with Gasteiger partial charge in [0, 0.05) is 25.2 Å². The first-order valence-electron chi connectivity index (χ1n) is 8.54. The van der Waals surface area contributed by atoms with Gasteiger partial charge in [0.1, 0.15) is 11.5 Å². The molecule has 0 saturated carbocycles. The minimum Gasteiger partial charge on any atom is -0.463 e. The highest BCUT2D eigenvalue weighted by atomic mass is 19.2. The van der Waals surface area contributed by atoms with E-state index in [0.717, 1.165) is 17.7 Å². The summed E-state index contributed by atoms with van der Waals surface area (Å²) >= 11 is 0. The Morgan fingerprint density at radius 2 is 1.68 bits per heavy atom. The van der Waals surface area contributed by atoms with E-state index in [0.29, 0.717) is 22.4 Å². The molecule has 4 aromatic rings. The Morgan fingerprint density at radius 3 is 2.43 bits per heavy atom. The van der Waals surface area contributed by atoms with Crippen molar-refractivity contribution in [2.75, 3.05) is 0 Å². The Labute approximate surface area is 158 Å². The quantitative estimate of drug-likeness (QED) is 0.545. The third-order valence-electron chi connectivity index (χ3n) is 4.45. The van der Waals surface area contributed by atoms with E-state index in [2.05, 4.69) is 5.32 Å². The largest absolute Gasteiger partial charge is 0.463 e. The highest BCUT2D eigenvalue weighted by molar-refractivity contribution is 5.97. The van der Waals surface area contributed by atoms with Crippen LogP contribution in [0.15, 0.2) is 65.3 Å². The van der Waals surface area contributed by atoms with Gasteiger partial charge in [-0.05, 0) is 35.4 Å². The van der Waals surface area contributed by atoms with Crippen molar-refractivity contribution in [1.82, 2.24) is 9.88 Å². The topological polar surface area (TPSA) is 47.2 Å². The number of hydrogen-bond acceptors (Lipinski definition) is 2.